The van der Waals surface area contributed by atoms with E-state index in [-0.39, 0.29) is 42.8 Å². The Labute approximate surface area is 338 Å². The standard InChI is InChI=1S/C44H55O12S/c1-5-36(45)53-41-34(52-44(56-39(48)8-4)43(55-38(47)7-3)42(41)54-37(46)6-2)29-57-28-33(50-25-31-20-14-10-15-21-31)40(51-26-32-22-16-11-17-23-32)35(57)27-49-24-30-18-12-9-13-19-30/h9-23,33-35,40-44H,5-8,24-29H2,1-4H3/q+1/t33-,34-,35-,40+,41-,42+,43+,44?,57?/m1/s1. The number of ether oxygens (including phenoxy) is 8. The van der Waals surface area contributed by atoms with Crippen molar-refractivity contribution in [1.29, 1.82) is 0 Å². The molecule has 0 saturated carbocycles. The second-order valence-corrected chi connectivity index (χ2v) is 16.2. The molecule has 2 heterocycles. The zero-order valence-corrected chi connectivity index (χ0v) is 34.0. The van der Waals surface area contributed by atoms with E-state index >= 15 is 0 Å². The van der Waals surface area contributed by atoms with Gasteiger partial charge in [-0.15, -0.1) is 0 Å². The zero-order valence-electron chi connectivity index (χ0n) is 33.2. The molecular formula is C44H55O12S+. The van der Waals surface area contributed by atoms with E-state index in [1.165, 1.54) is 0 Å². The summed E-state index contributed by atoms with van der Waals surface area (Å²) >= 11 is 0. The minimum Gasteiger partial charge on any atom is -0.455 e. The van der Waals surface area contributed by atoms with Crippen LogP contribution in [0, 0.1) is 0 Å². The molecule has 2 aliphatic heterocycles. The molecule has 0 spiro atoms. The van der Waals surface area contributed by atoms with Crippen LogP contribution in [0.5, 0.6) is 0 Å². The van der Waals surface area contributed by atoms with Crippen LogP contribution in [0.25, 0.3) is 0 Å². The highest BCUT2D eigenvalue weighted by Gasteiger charge is 2.59. The fraction of sp³-hybridized carbons (Fsp3) is 0.500. The van der Waals surface area contributed by atoms with Crippen LogP contribution in [0.3, 0.4) is 0 Å². The number of esters is 4. The van der Waals surface area contributed by atoms with Gasteiger partial charge in [-0.25, -0.2) is 0 Å². The number of benzene rings is 3. The van der Waals surface area contributed by atoms with Crippen LogP contribution in [0.2, 0.25) is 0 Å². The lowest BCUT2D eigenvalue weighted by Gasteiger charge is -2.43. The average molecular weight is 808 g/mol. The highest BCUT2D eigenvalue weighted by Crippen LogP contribution is 2.36. The lowest BCUT2D eigenvalue weighted by Crippen LogP contribution is -2.63. The molecule has 2 fully saturated rings. The Morgan fingerprint density at radius 3 is 1.54 bits per heavy atom. The maximum absolute atomic E-state index is 13.1. The molecule has 5 rings (SSSR count). The van der Waals surface area contributed by atoms with E-state index < -0.39 is 71.6 Å². The summed E-state index contributed by atoms with van der Waals surface area (Å²) in [5, 5.41) is -0.215. The quantitative estimate of drug-likeness (QED) is 0.0749. The molecule has 2 aliphatic rings. The van der Waals surface area contributed by atoms with Crippen molar-refractivity contribution in [1.82, 2.24) is 0 Å². The molecule has 9 atom stereocenters. The number of rotatable bonds is 20. The lowest BCUT2D eigenvalue weighted by molar-refractivity contribution is -0.293. The molecule has 12 nitrogen and oxygen atoms in total. The van der Waals surface area contributed by atoms with Crippen molar-refractivity contribution in [3.05, 3.63) is 108 Å². The number of hydrogen-bond donors (Lipinski definition) is 0. The third kappa shape index (κ3) is 12.9. The smallest absolute Gasteiger partial charge is 0.307 e. The summed E-state index contributed by atoms with van der Waals surface area (Å²) in [7, 11) is -0.596. The van der Waals surface area contributed by atoms with Crippen molar-refractivity contribution >= 4 is 34.8 Å². The molecule has 57 heavy (non-hydrogen) atoms. The van der Waals surface area contributed by atoms with Crippen molar-refractivity contribution in [2.75, 3.05) is 18.1 Å². The van der Waals surface area contributed by atoms with E-state index in [4.69, 9.17) is 37.9 Å². The van der Waals surface area contributed by atoms with Gasteiger partial charge < -0.3 is 37.9 Å². The molecule has 2 saturated heterocycles. The van der Waals surface area contributed by atoms with Crippen LogP contribution >= 0.6 is 0 Å². The van der Waals surface area contributed by atoms with E-state index in [0.29, 0.717) is 32.2 Å². The maximum Gasteiger partial charge on any atom is 0.307 e. The molecular weight excluding hydrogens is 753 g/mol. The van der Waals surface area contributed by atoms with Crippen LogP contribution in [-0.4, -0.2) is 90.2 Å². The van der Waals surface area contributed by atoms with E-state index in [0.717, 1.165) is 16.7 Å². The second-order valence-electron chi connectivity index (χ2n) is 13.8. The predicted octanol–water partition coefficient (Wildman–Crippen LogP) is 6.02. The molecule has 13 heteroatoms. The molecule has 3 aromatic carbocycles. The Balaban J connectivity index is 1.51. The third-order valence-electron chi connectivity index (χ3n) is 9.70. The van der Waals surface area contributed by atoms with Crippen LogP contribution in [0.15, 0.2) is 91.0 Å². The summed E-state index contributed by atoms with van der Waals surface area (Å²) in [6, 6.07) is 29.7. The first-order valence-electron chi connectivity index (χ1n) is 19.7. The first kappa shape index (κ1) is 43.8. The largest absolute Gasteiger partial charge is 0.455 e. The van der Waals surface area contributed by atoms with E-state index in [1.807, 2.05) is 91.0 Å². The van der Waals surface area contributed by atoms with Gasteiger partial charge in [0.25, 0.3) is 0 Å². The monoisotopic (exact) mass is 807 g/mol. The normalized spacial score (nSPS) is 25.6. The van der Waals surface area contributed by atoms with Gasteiger partial charge in [0.15, 0.2) is 17.5 Å². The predicted molar refractivity (Wildman–Crippen MR) is 213 cm³/mol. The first-order chi connectivity index (χ1) is 27.7. The maximum atomic E-state index is 13.1. The molecule has 0 N–H and O–H groups in total. The molecule has 3 aromatic rings. The van der Waals surface area contributed by atoms with Crippen molar-refractivity contribution in [2.24, 2.45) is 0 Å². The van der Waals surface area contributed by atoms with Crippen molar-refractivity contribution in [3.63, 3.8) is 0 Å². The Morgan fingerprint density at radius 1 is 0.561 bits per heavy atom. The molecule has 0 bridgehead atoms. The molecule has 0 aliphatic carbocycles. The van der Waals surface area contributed by atoms with Gasteiger partial charge >= 0.3 is 23.9 Å². The van der Waals surface area contributed by atoms with Gasteiger partial charge in [0.1, 0.15) is 29.8 Å². The van der Waals surface area contributed by atoms with Gasteiger partial charge in [-0.3, -0.25) is 19.2 Å². The van der Waals surface area contributed by atoms with Gasteiger partial charge in [0.05, 0.1) is 26.4 Å². The fourth-order valence-corrected chi connectivity index (χ4v) is 9.60. The van der Waals surface area contributed by atoms with Gasteiger partial charge in [-0.05, 0) is 16.7 Å². The summed E-state index contributed by atoms with van der Waals surface area (Å²) in [4.78, 5) is 51.6. The topological polar surface area (TPSA) is 142 Å². The van der Waals surface area contributed by atoms with Crippen molar-refractivity contribution in [3.8, 4) is 0 Å². The minimum atomic E-state index is -1.45. The summed E-state index contributed by atoms with van der Waals surface area (Å²) in [5.74, 6) is -1.61. The molecule has 0 radical (unpaired) electrons. The third-order valence-corrected chi connectivity index (χ3v) is 12.5. The highest BCUT2D eigenvalue weighted by atomic mass is 32.2. The Kier molecular flexibility index (Phi) is 17.4. The van der Waals surface area contributed by atoms with E-state index in [9.17, 15) is 19.2 Å². The van der Waals surface area contributed by atoms with E-state index in [1.54, 1.807) is 27.7 Å². The summed E-state index contributed by atoms with van der Waals surface area (Å²) in [6.45, 7) is 7.90. The van der Waals surface area contributed by atoms with Crippen LogP contribution in [0.1, 0.15) is 70.1 Å². The average Bonchev–Trinajstić information content (AvgIpc) is 3.57. The summed E-state index contributed by atoms with van der Waals surface area (Å²) in [5.41, 5.74) is 3.04. The Bertz CT molecular complexity index is 1690. The lowest BCUT2D eigenvalue weighted by atomic mass is 9.98. The SMILES string of the molecule is CCC(=O)OC1O[C@H](C[S+]2C[C@@H](OCc3ccccc3)[C@H](OCc3ccccc3)[C@H]2COCc2ccccc2)[C@@H](OC(=O)CC)[C@H](OC(=O)CC)[C@@H]1OC(=O)CC. The van der Waals surface area contributed by atoms with Crippen molar-refractivity contribution < 1.29 is 57.1 Å². The number of hydrogen-bond acceptors (Lipinski definition) is 12. The van der Waals surface area contributed by atoms with Crippen LogP contribution in [-0.2, 0) is 87.8 Å². The molecule has 0 amide bonds. The number of carbonyl (C=O) groups excluding carboxylic acids is 4. The molecule has 308 valence electrons. The first-order valence-corrected chi connectivity index (χ1v) is 21.4. The van der Waals surface area contributed by atoms with Crippen LogP contribution in [0.4, 0.5) is 0 Å². The van der Waals surface area contributed by atoms with Gasteiger partial charge in [0.2, 0.25) is 12.4 Å². The molecule has 2 unspecified atom stereocenters. The van der Waals surface area contributed by atoms with Crippen molar-refractivity contribution in [2.45, 2.75) is 121 Å². The van der Waals surface area contributed by atoms with Gasteiger partial charge in [0, 0.05) is 36.6 Å². The highest BCUT2D eigenvalue weighted by molar-refractivity contribution is 7.97. The summed E-state index contributed by atoms with van der Waals surface area (Å²) in [6.07, 6.45) is -7.07. The fourth-order valence-electron chi connectivity index (χ4n) is 6.65. The Morgan fingerprint density at radius 2 is 1.02 bits per heavy atom. The summed E-state index contributed by atoms with van der Waals surface area (Å²) < 4.78 is 49.8. The second kappa shape index (κ2) is 22.6. The number of carbonyl (C=O) groups is 4. The Hall–Kier alpha value is -4.27. The van der Waals surface area contributed by atoms with Crippen LogP contribution < -0.4 is 0 Å². The van der Waals surface area contributed by atoms with Gasteiger partial charge in [-0.1, -0.05) is 119 Å². The molecule has 0 aromatic heterocycles. The minimum absolute atomic E-state index is 0.00358. The van der Waals surface area contributed by atoms with Gasteiger partial charge in [-0.2, -0.15) is 0 Å². The zero-order chi connectivity index (χ0) is 40.6. The van der Waals surface area contributed by atoms with E-state index in [2.05, 4.69) is 0 Å².